The first-order chi connectivity index (χ1) is 4.27. The normalized spacial score (nSPS) is 9.56. The van der Waals surface area contributed by atoms with Gasteiger partial charge >= 0.3 is 0 Å². The second-order valence-corrected chi connectivity index (χ2v) is 1.37. The zero-order valence-electron chi connectivity index (χ0n) is 5.51. The van der Waals surface area contributed by atoms with Crippen molar-refractivity contribution in [2.45, 2.75) is 6.92 Å². The highest BCUT2D eigenvalue weighted by Gasteiger charge is 1.84. The first-order valence-corrected chi connectivity index (χ1v) is 2.53. The van der Waals surface area contributed by atoms with Gasteiger partial charge in [-0.25, -0.2) is 0 Å². The van der Waals surface area contributed by atoms with Gasteiger partial charge in [-0.05, 0) is 0 Å². The Morgan fingerprint density at radius 3 is 2.78 bits per heavy atom. The highest BCUT2D eigenvalue weighted by atomic mass is 16.1. The van der Waals surface area contributed by atoms with Crippen LogP contribution < -0.4 is 10.7 Å². The van der Waals surface area contributed by atoms with E-state index in [1.165, 1.54) is 6.92 Å². The Kier molecular flexibility index (Phi) is 4.39. The molecule has 0 fully saturated rings. The summed E-state index contributed by atoms with van der Waals surface area (Å²) >= 11 is 0. The first kappa shape index (κ1) is 7.87. The van der Waals surface area contributed by atoms with Gasteiger partial charge in [0.2, 0.25) is 5.91 Å². The predicted octanol–water partition coefficient (Wildman–Crippen LogP) is -0.333. The molecule has 0 unspecified atom stereocenters. The van der Waals surface area contributed by atoms with Crippen LogP contribution >= 0.6 is 0 Å². The van der Waals surface area contributed by atoms with Crippen molar-refractivity contribution in [2.75, 3.05) is 13.7 Å². The van der Waals surface area contributed by atoms with Gasteiger partial charge in [0.15, 0.2) is 0 Å². The van der Waals surface area contributed by atoms with Crippen molar-refractivity contribution in [1.82, 2.24) is 10.7 Å². The van der Waals surface area contributed by atoms with Gasteiger partial charge in [0, 0.05) is 6.92 Å². The molecule has 0 atom stereocenters. The summed E-state index contributed by atoms with van der Waals surface area (Å²) in [4.78, 5) is 10.2. The van der Waals surface area contributed by atoms with Gasteiger partial charge in [0.05, 0.1) is 7.05 Å². The monoisotopic (exact) mass is 130 g/mol. The third kappa shape index (κ3) is 6.87. The maximum Gasteiger partial charge on any atom is 0.218 e. The summed E-state index contributed by atoms with van der Waals surface area (Å²) in [7, 11) is 1.54. The van der Waals surface area contributed by atoms with Gasteiger partial charge in [-0.1, -0.05) is 5.22 Å². The molecule has 2 N–H and O–H groups in total. The van der Waals surface area contributed by atoms with Crippen molar-refractivity contribution in [3.63, 3.8) is 0 Å². The van der Waals surface area contributed by atoms with Crippen LogP contribution in [0.25, 0.3) is 0 Å². The molecule has 0 saturated heterocycles. The minimum atomic E-state index is -0.0891. The highest BCUT2D eigenvalue weighted by Crippen LogP contribution is 1.59. The Labute approximate surface area is 53.5 Å². The Morgan fingerprint density at radius 1 is 1.67 bits per heavy atom. The summed E-state index contributed by atoms with van der Waals surface area (Å²) in [5.74, 6) is -0.0891. The lowest BCUT2D eigenvalue weighted by molar-refractivity contribution is -0.119. The predicted molar refractivity (Wildman–Crippen MR) is 32.6 cm³/mol. The fraction of sp³-hybridized carbons (Fsp3) is 0.750. The van der Waals surface area contributed by atoms with Crippen LogP contribution in [-0.2, 0) is 4.79 Å². The van der Waals surface area contributed by atoms with Gasteiger partial charge in [-0.2, -0.15) is 5.11 Å². The number of carbonyl (C=O) groups excluding carboxylic acids is 1. The fourth-order valence-electron chi connectivity index (χ4n) is 0.270. The molecule has 0 rings (SSSR count). The Hall–Kier alpha value is -1.13. The van der Waals surface area contributed by atoms with Crippen LogP contribution in [0, 0.1) is 0 Å². The molecule has 0 radical (unpaired) electrons. The molecular weight excluding hydrogens is 120 g/mol. The smallest absolute Gasteiger partial charge is 0.218 e. The fourth-order valence-corrected chi connectivity index (χ4v) is 0.270. The number of nitrogens with one attached hydrogen (secondary N) is 2. The van der Waals surface area contributed by atoms with Crippen LogP contribution in [0.2, 0.25) is 0 Å². The lowest BCUT2D eigenvalue weighted by atomic mass is 10.7. The lowest BCUT2D eigenvalue weighted by Crippen LogP contribution is -2.28. The number of amides is 1. The summed E-state index contributed by atoms with van der Waals surface area (Å²) in [6.45, 7) is 1.76. The number of nitrogens with zero attached hydrogens (tertiary/aromatic N) is 2. The summed E-state index contributed by atoms with van der Waals surface area (Å²) in [6.07, 6.45) is 0. The molecule has 9 heavy (non-hydrogen) atoms. The maximum atomic E-state index is 10.2. The van der Waals surface area contributed by atoms with Crippen molar-refractivity contribution in [2.24, 2.45) is 10.3 Å². The van der Waals surface area contributed by atoms with E-state index < -0.39 is 0 Å². The molecule has 5 heteroatoms. The number of carbonyl (C=O) groups is 1. The summed E-state index contributed by atoms with van der Waals surface area (Å²) < 4.78 is 0. The van der Waals surface area contributed by atoms with E-state index in [9.17, 15) is 4.79 Å². The first-order valence-electron chi connectivity index (χ1n) is 2.53. The Morgan fingerprint density at radius 2 is 2.33 bits per heavy atom. The number of rotatable bonds is 3. The van der Waals surface area contributed by atoms with E-state index in [0.717, 1.165) is 0 Å². The SMILES string of the molecule is CN=NNCNC(C)=O. The zero-order chi connectivity index (χ0) is 7.11. The van der Waals surface area contributed by atoms with Crippen LogP contribution in [0.15, 0.2) is 10.3 Å². The molecule has 0 aromatic rings. The minimum absolute atomic E-state index is 0.0891. The molecule has 0 aliphatic carbocycles. The van der Waals surface area contributed by atoms with E-state index in [4.69, 9.17) is 0 Å². The van der Waals surface area contributed by atoms with Gasteiger partial charge in [0.25, 0.3) is 0 Å². The maximum absolute atomic E-state index is 10.2. The largest absolute Gasteiger partial charge is 0.338 e. The molecule has 1 amide bonds. The Balaban J connectivity index is 3.01. The molecule has 0 aromatic carbocycles. The second kappa shape index (κ2) is 5.02. The molecule has 0 spiro atoms. The molecule has 0 aliphatic rings. The van der Waals surface area contributed by atoms with Crippen LogP contribution in [0.1, 0.15) is 6.92 Å². The van der Waals surface area contributed by atoms with Crippen LogP contribution in [0.5, 0.6) is 0 Å². The topological polar surface area (TPSA) is 65.8 Å². The standard InChI is InChI=1S/C4H10N4O/c1-4(9)6-3-7-8-5-2/h3H2,1-2H3,(H,5,7)(H,6,9). The van der Waals surface area contributed by atoms with Gasteiger partial charge in [0.1, 0.15) is 6.67 Å². The van der Waals surface area contributed by atoms with Crippen LogP contribution in [-0.4, -0.2) is 19.6 Å². The summed E-state index contributed by atoms with van der Waals surface area (Å²) in [6, 6.07) is 0. The third-order valence-corrected chi connectivity index (χ3v) is 0.587. The number of hydrogen-bond donors (Lipinski definition) is 2. The molecule has 0 aromatic heterocycles. The molecular formula is C4H10N4O. The quantitative estimate of drug-likeness (QED) is 0.238. The third-order valence-electron chi connectivity index (χ3n) is 0.587. The van der Waals surface area contributed by atoms with Crippen molar-refractivity contribution in [1.29, 1.82) is 0 Å². The lowest BCUT2D eigenvalue weighted by Gasteiger charge is -1.97. The second-order valence-electron chi connectivity index (χ2n) is 1.37. The van der Waals surface area contributed by atoms with E-state index in [2.05, 4.69) is 21.1 Å². The molecule has 52 valence electrons. The van der Waals surface area contributed by atoms with Crippen molar-refractivity contribution < 1.29 is 4.79 Å². The van der Waals surface area contributed by atoms with Gasteiger partial charge < -0.3 is 5.32 Å². The number of hydrogen-bond acceptors (Lipinski definition) is 3. The average Bonchev–Trinajstić information content (AvgIpc) is 1.80. The van der Waals surface area contributed by atoms with Crippen molar-refractivity contribution in [3.05, 3.63) is 0 Å². The van der Waals surface area contributed by atoms with Crippen molar-refractivity contribution in [3.8, 4) is 0 Å². The minimum Gasteiger partial charge on any atom is -0.338 e. The summed E-state index contributed by atoms with van der Waals surface area (Å²) in [5, 5.41) is 9.28. The highest BCUT2D eigenvalue weighted by molar-refractivity contribution is 5.72. The van der Waals surface area contributed by atoms with Gasteiger partial charge in [-0.15, -0.1) is 0 Å². The van der Waals surface area contributed by atoms with Crippen LogP contribution in [0.3, 0.4) is 0 Å². The van der Waals surface area contributed by atoms with Crippen LogP contribution in [0.4, 0.5) is 0 Å². The van der Waals surface area contributed by atoms with Gasteiger partial charge in [-0.3, -0.25) is 10.2 Å². The van der Waals surface area contributed by atoms with E-state index in [0.29, 0.717) is 6.67 Å². The molecule has 0 bridgehead atoms. The summed E-state index contributed by atoms with van der Waals surface area (Å²) in [5.41, 5.74) is 2.49. The van der Waals surface area contributed by atoms with E-state index in [1.54, 1.807) is 7.05 Å². The zero-order valence-corrected chi connectivity index (χ0v) is 5.51. The Bertz CT molecular complexity index is 111. The van der Waals surface area contributed by atoms with E-state index >= 15 is 0 Å². The average molecular weight is 130 g/mol. The molecule has 0 heterocycles. The van der Waals surface area contributed by atoms with E-state index in [-0.39, 0.29) is 5.91 Å². The molecule has 5 nitrogen and oxygen atoms in total. The molecule has 0 aliphatic heterocycles. The van der Waals surface area contributed by atoms with E-state index in [1.807, 2.05) is 0 Å². The van der Waals surface area contributed by atoms with Crippen molar-refractivity contribution >= 4 is 5.91 Å². The molecule has 0 saturated carbocycles.